The third-order valence-electron chi connectivity index (χ3n) is 7.38. The molecule has 4 nitrogen and oxygen atoms in total. The minimum atomic E-state index is -0.0900. The summed E-state index contributed by atoms with van der Waals surface area (Å²) in [5.41, 5.74) is 0. The van der Waals surface area contributed by atoms with Crippen molar-refractivity contribution in [1.29, 1.82) is 0 Å². The van der Waals surface area contributed by atoms with Gasteiger partial charge < -0.3 is 9.47 Å². The van der Waals surface area contributed by atoms with Gasteiger partial charge in [-0.1, -0.05) is 65.2 Å². The summed E-state index contributed by atoms with van der Waals surface area (Å²) in [5, 5.41) is 0. The van der Waals surface area contributed by atoms with Crippen molar-refractivity contribution in [3.05, 3.63) is 18.3 Å². The molecule has 0 saturated heterocycles. The zero-order chi connectivity index (χ0) is 21.2. The minimum Gasteiger partial charge on any atom is -0.478 e. The molecule has 168 valence electrons. The molecule has 0 amide bonds. The number of nitrogens with zero attached hydrogens (tertiary/aromatic N) is 1. The molecule has 0 aliphatic heterocycles. The topological polar surface area (TPSA) is 48.4 Å². The lowest BCUT2D eigenvalue weighted by molar-refractivity contribution is -0.140. The summed E-state index contributed by atoms with van der Waals surface area (Å²) in [4.78, 5) is 16.8. The molecule has 0 aromatic carbocycles. The van der Waals surface area contributed by atoms with Gasteiger partial charge in [-0.05, 0) is 55.9 Å². The average Bonchev–Trinajstić information content (AvgIpc) is 2.79. The molecule has 4 heteroatoms. The minimum absolute atomic E-state index is 0.0433. The molecule has 0 radical (unpaired) electrons. The third-order valence-corrected chi connectivity index (χ3v) is 7.38. The van der Waals surface area contributed by atoms with Crippen LogP contribution in [0.2, 0.25) is 0 Å². The number of rotatable bonds is 10. The Labute approximate surface area is 183 Å². The van der Waals surface area contributed by atoms with E-state index in [0.717, 1.165) is 43.4 Å². The Morgan fingerprint density at radius 2 is 1.57 bits per heavy atom. The molecular weight excluding hydrogens is 374 g/mol. The van der Waals surface area contributed by atoms with Crippen LogP contribution in [0.4, 0.5) is 0 Å². The van der Waals surface area contributed by atoms with Gasteiger partial charge in [0.05, 0.1) is 18.7 Å². The van der Waals surface area contributed by atoms with Crippen molar-refractivity contribution in [2.45, 2.75) is 97.3 Å². The fourth-order valence-corrected chi connectivity index (χ4v) is 5.12. The molecule has 0 N–H and O–H groups in total. The van der Waals surface area contributed by atoms with Crippen molar-refractivity contribution in [2.75, 3.05) is 6.61 Å². The van der Waals surface area contributed by atoms with Crippen LogP contribution < -0.4 is 9.47 Å². The molecule has 2 aliphatic carbocycles. The molecule has 1 aromatic rings. The fraction of sp³-hybridized carbons (Fsp3) is 0.769. The summed E-state index contributed by atoms with van der Waals surface area (Å²) >= 11 is 0. The average molecular weight is 416 g/mol. The molecule has 1 heterocycles. The van der Waals surface area contributed by atoms with Gasteiger partial charge in [0.15, 0.2) is 0 Å². The molecule has 3 rings (SSSR count). The first kappa shape index (κ1) is 23.1. The Hall–Kier alpha value is -1.58. The first-order valence-corrected chi connectivity index (χ1v) is 12.5. The van der Waals surface area contributed by atoms with Crippen LogP contribution in [0.15, 0.2) is 18.3 Å². The largest absolute Gasteiger partial charge is 0.478 e. The van der Waals surface area contributed by atoms with E-state index in [2.05, 4.69) is 18.8 Å². The van der Waals surface area contributed by atoms with Crippen molar-refractivity contribution in [3.63, 3.8) is 0 Å². The highest BCUT2D eigenvalue weighted by atomic mass is 16.5. The second-order valence-corrected chi connectivity index (χ2v) is 9.55. The van der Waals surface area contributed by atoms with E-state index >= 15 is 0 Å². The van der Waals surface area contributed by atoms with Crippen LogP contribution in [0.3, 0.4) is 0 Å². The maximum absolute atomic E-state index is 12.6. The fourth-order valence-electron chi connectivity index (χ4n) is 5.12. The van der Waals surface area contributed by atoms with E-state index in [1.165, 1.54) is 57.8 Å². The Morgan fingerprint density at radius 1 is 0.933 bits per heavy atom. The SMILES string of the molecule is CCCCOc1ccc(OC(=O)[C@H]2CC[C@H](CC[C@H]3CC[C@H](CC)CC3)CC2)cn1. The predicted octanol–water partition coefficient (Wildman–Crippen LogP) is 6.97. The number of esters is 1. The monoisotopic (exact) mass is 415 g/mol. The standard InChI is InChI=1S/C26H41NO3/c1-3-5-18-29-25-17-16-24(19-27-25)30-26(28)23-14-12-22(13-15-23)11-10-21-8-6-20(4-2)7-9-21/h16-17,19-23H,3-15,18H2,1-2H3/t20-,21-,22-,23-. The molecular formula is C26H41NO3. The lowest BCUT2D eigenvalue weighted by Gasteiger charge is -2.31. The molecule has 30 heavy (non-hydrogen) atoms. The lowest BCUT2D eigenvalue weighted by atomic mass is 9.75. The summed E-state index contributed by atoms with van der Waals surface area (Å²) in [6.07, 6.45) is 17.9. The van der Waals surface area contributed by atoms with Crippen LogP contribution in [0, 0.1) is 23.7 Å². The maximum Gasteiger partial charge on any atom is 0.314 e. The number of ether oxygens (including phenoxy) is 2. The molecule has 0 unspecified atom stereocenters. The highest BCUT2D eigenvalue weighted by molar-refractivity contribution is 5.75. The van der Waals surface area contributed by atoms with E-state index in [1.54, 1.807) is 18.3 Å². The van der Waals surface area contributed by atoms with Crippen LogP contribution in [0.25, 0.3) is 0 Å². The third kappa shape index (κ3) is 7.28. The number of unbranched alkanes of at least 4 members (excludes halogenated alkanes) is 1. The van der Waals surface area contributed by atoms with Gasteiger partial charge in [-0.25, -0.2) is 4.98 Å². The van der Waals surface area contributed by atoms with Crippen molar-refractivity contribution in [1.82, 2.24) is 4.98 Å². The highest BCUT2D eigenvalue weighted by Crippen LogP contribution is 2.37. The summed E-state index contributed by atoms with van der Waals surface area (Å²) < 4.78 is 11.1. The van der Waals surface area contributed by atoms with E-state index < -0.39 is 0 Å². The van der Waals surface area contributed by atoms with E-state index in [4.69, 9.17) is 9.47 Å². The highest BCUT2D eigenvalue weighted by Gasteiger charge is 2.28. The predicted molar refractivity (Wildman–Crippen MR) is 121 cm³/mol. The van der Waals surface area contributed by atoms with Gasteiger partial charge in [-0.2, -0.15) is 0 Å². The van der Waals surface area contributed by atoms with Crippen LogP contribution in [-0.2, 0) is 4.79 Å². The van der Waals surface area contributed by atoms with Crippen molar-refractivity contribution >= 4 is 5.97 Å². The van der Waals surface area contributed by atoms with Gasteiger partial charge in [-0.3, -0.25) is 4.79 Å². The molecule has 2 saturated carbocycles. The summed E-state index contributed by atoms with van der Waals surface area (Å²) in [6, 6.07) is 3.56. The first-order chi connectivity index (χ1) is 14.7. The second kappa shape index (κ2) is 12.3. The molecule has 0 atom stereocenters. The van der Waals surface area contributed by atoms with E-state index in [0.29, 0.717) is 18.2 Å². The quantitative estimate of drug-likeness (QED) is 0.306. The summed E-state index contributed by atoms with van der Waals surface area (Å²) in [6.45, 7) is 5.14. The Kier molecular flexibility index (Phi) is 9.48. The van der Waals surface area contributed by atoms with Gasteiger partial charge in [0, 0.05) is 6.07 Å². The Morgan fingerprint density at radius 3 is 2.13 bits per heavy atom. The van der Waals surface area contributed by atoms with Crippen LogP contribution in [0.5, 0.6) is 11.6 Å². The van der Waals surface area contributed by atoms with E-state index in [1.807, 2.05) is 0 Å². The molecule has 1 aromatic heterocycles. The Balaban J connectivity index is 1.33. The van der Waals surface area contributed by atoms with Gasteiger partial charge in [-0.15, -0.1) is 0 Å². The van der Waals surface area contributed by atoms with Crippen LogP contribution in [0.1, 0.15) is 97.3 Å². The molecule has 0 spiro atoms. The second-order valence-electron chi connectivity index (χ2n) is 9.55. The van der Waals surface area contributed by atoms with Crippen molar-refractivity contribution in [2.24, 2.45) is 23.7 Å². The Bertz CT molecular complexity index is 614. The van der Waals surface area contributed by atoms with Crippen LogP contribution >= 0.6 is 0 Å². The normalized spacial score (nSPS) is 26.9. The van der Waals surface area contributed by atoms with E-state index in [9.17, 15) is 4.79 Å². The summed E-state index contributed by atoms with van der Waals surface area (Å²) in [5.74, 6) is 3.81. The number of aromatic nitrogens is 1. The van der Waals surface area contributed by atoms with Gasteiger partial charge in [0.1, 0.15) is 5.75 Å². The zero-order valence-electron chi connectivity index (χ0n) is 19.1. The zero-order valence-corrected chi connectivity index (χ0v) is 19.1. The molecule has 0 bridgehead atoms. The van der Waals surface area contributed by atoms with Crippen molar-refractivity contribution in [3.8, 4) is 11.6 Å². The van der Waals surface area contributed by atoms with Gasteiger partial charge in [0.25, 0.3) is 0 Å². The van der Waals surface area contributed by atoms with Crippen molar-refractivity contribution < 1.29 is 14.3 Å². The van der Waals surface area contributed by atoms with Gasteiger partial charge in [0.2, 0.25) is 5.88 Å². The maximum atomic E-state index is 12.6. The number of carbonyl (C=O) groups excluding carboxylic acids is 1. The smallest absolute Gasteiger partial charge is 0.314 e. The number of hydrogen-bond donors (Lipinski definition) is 0. The van der Waals surface area contributed by atoms with E-state index in [-0.39, 0.29) is 11.9 Å². The number of pyridine rings is 1. The first-order valence-electron chi connectivity index (χ1n) is 12.5. The van der Waals surface area contributed by atoms with Gasteiger partial charge >= 0.3 is 5.97 Å². The molecule has 2 aliphatic rings. The van der Waals surface area contributed by atoms with Crippen LogP contribution in [-0.4, -0.2) is 17.6 Å². The number of carbonyl (C=O) groups is 1. The molecule has 2 fully saturated rings. The number of hydrogen-bond acceptors (Lipinski definition) is 4. The summed E-state index contributed by atoms with van der Waals surface area (Å²) in [7, 11) is 0. The lowest BCUT2D eigenvalue weighted by Crippen LogP contribution is -2.26.